The Labute approximate surface area is 191 Å². The van der Waals surface area contributed by atoms with Gasteiger partial charge in [0.15, 0.2) is 11.5 Å². The number of amides is 4. The Morgan fingerprint density at radius 3 is 2.88 bits per heavy atom. The summed E-state index contributed by atoms with van der Waals surface area (Å²) in [7, 11) is 0. The lowest BCUT2D eigenvalue weighted by molar-refractivity contribution is -0.135. The number of likely N-dealkylation sites (tertiary alicyclic amines) is 1. The molecule has 1 aromatic carbocycles. The highest BCUT2D eigenvalue weighted by Gasteiger charge is 2.38. The van der Waals surface area contributed by atoms with Crippen molar-refractivity contribution in [1.29, 1.82) is 0 Å². The van der Waals surface area contributed by atoms with Crippen molar-refractivity contribution in [3.05, 3.63) is 53.9 Å². The predicted molar refractivity (Wildman–Crippen MR) is 117 cm³/mol. The van der Waals surface area contributed by atoms with Crippen LogP contribution in [0.3, 0.4) is 0 Å². The first-order valence-electron chi connectivity index (χ1n) is 11.3. The monoisotopic (exact) mass is 450 g/mol. The largest absolute Gasteiger partial charge is 0.454 e. The van der Waals surface area contributed by atoms with E-state index in [1.807, 2.05) is 23.2 Å². The molecule has 2 fully saturated rings. The van der Waals surface area contributed by atoms with Crippen LogP contribution in [0.15, 0.2) is 42.7 Å². The molecule has 172 valence electrons. The number of hydrogen-bond donors (Lipinski definition) is 1. The molecule has 3 aliphatic heterocycles. The fourth-order valence-corrected chi connectivity index (χ4v) is 4.71. The number of ether oxygens (including phenoxy) is 2. The molecule has 0 spiro atoms. The number of fused-ring (bicyclic) bond motifs is 1. The third-order valence-electron chi connectivity index (χ3n) is 6.42. The molecule has 2 atom stereocenters. The first kappa shape index (κ1) is 21.2. The number of hydrogen-bond acceptors (Lipinski definition) is 6. The van der Waals surface area contributed by atoms with E-state index in [2.05, 4.69) is 10.3 Å². The van der Waals surface area contributed by atoms with Gasteiger partial charge in [0.1, 0.15) is 6.04 Å². The number of piperidine rings is 1. The Kier molecular flexibility index (Phi) is 5.85. The Bertz CT molecular complexity index is 1060. The van der Waals surface area contributed by atoms with Crippen LogP contribution in [-0.2, 0) is 16.1 Å². The summed E-state index contributed by atoms with van der Waals surface area (Å²) in [4.78, 5) is 45.7. The van der Waals surface area contributed by atoms with Crippen molar-refractivity contribution >= 4 is 17.8 Å². The lowest BCUT2D eigenvalue weighted by Gasteiger charge is -2.36. The molecule has 0 radical (unpaired) electrons. The first-order chi connectivity index (χ1) is 16.1. The van der Waals surface area contributed by atoms with E-state index in [-0.39, 0.29) is 44.0 Å². The molecular weight excluding hydrogens is 424 g/mol. The quantitative estimate of drug-likeness (QED) is 0.679. The third-order valence-corrected chi connectivity index (χ3v) is 6.42. The Morgan fingerprint density at radius 2 is 2.03 bits per heavy atom. The minimum absolute atomic E-state index is 0.000164. The van der Waals surface area contributed by atoms with Crippen LogP contribution in [0.4, 0.5) is 4.79 Å². The van der Waals surface area contributed by atoms with Crippen LogP contribution in [0.1, 0.15) is 49.3 Å². The smallest absolute Gasteiger partial charge is 0.325 e. The molecule has 0 bridgehead atoms. The number of pyridine rings is 1. The standard InChI is InChI=1S/C24H26N4O5/c29-22(27-11-2-1-5-19(27)17-4-3-10-25-13-17)9-7-18-23(30)28(24(31)26-18)14-16-6-8-20-21(12-16)33-15-32-20/h3-4,6,8,10,12-13,18-19H,1-2,5,7,9,11,14-15H2,(H,26,31). The van der Waals surface area contributed by atoms with Crippen molar-refractivity contribution in [3.63, 3.8) is 0 Å². The predicted octanol–water partition coefficient (Wildman–Crippen LogP) is 2.76. The highest BCUT2D eigenvalue weighted by Crippen LogP contribution is 2.33. The summed E-state index contributed by atoms with van der Waals surface area (Å²) in [6.45, 7) is 0.997. The summed E-state index contributed by atoms with van der Waals surface area (Å²) < 4.78 is 10.7. The van der Waals surface area contributed by atoms with Gasteiger partial charge in [0.25, 0.3) is 5.91 Å². The molecule has 1 N–H and O–H groups in total. The molecule has 2 aromatic rings. The normalized spacial score (nSPS) is 21.9. The van der Waals surface area contributed by atoms with Crippen LogP contribution < -0.4 is 14.8 Å². The minimum atomic E-state index is -0.697. The SMILES string of the molecule is O=C1NC(CCC(=O)N2CCCCC2c2cccnc2)C(=O)N1Cc1ccc2c(c1)OCO2. The van der Waals surface area contributed by atoms with Crippen molar-refractivity contribution in [1.82, 2.24) is 20.1 Å². The van der Waals surface area contributed by atoms with E-state index in [1.165, 1.54) is 4.90 Å². The highest BCUT2D eigenvalue weighted by atomic mass is 16.7. The average molecular weight is 450 g/mol. The van der Waals surface area contributed by atoms with Gasteiger partial charge in [-0.3, -0.25) is 19.5 Å². The van der Waals surface area contributed by atoms with E-state index in [1.54, 1.807) is 24.4 Å². The summed E-state index contributed by atoms with van der Waals surface area (Å²) in [6.07, 6.45) is 6.94. The molecule has 3 aliphatic rings. The highest BCUT2D eigenvalue weighted by molar-refractivity contribution is 6.04. The molecule has 33 heavy (non-hydrogen) atoms. The second-order valence-electron chi connectivity index (χ2n) is 8.54. The zero-order valence-electron chi connectivity index (χ0n) is 18.2. The summed E-state index contributed by atoms with van der Waals surface area (Å²) >= 11 is 0. The number of carbonyl (C=O) groups excluding carboxylic acids is 3. The van der Waals surface area contributed by atoms with E-state index in [4.69, 9.17) is 9.47 Å². The lowest BCUT2D eigenvalue weighted by atomic mass is 9.95. The number of nitrogens with zero attached hydrogens (tertiary/aromatic N) is 3. The van der Waals surface area contributed by atoms with Gasteiger partial charge in [0.2, 0.25) is 12.7 Å². The second kappa shape index (κ2) is 9.09. The molecule has 4 heterocycles. The molecule has 0 saturated carbocycles. The van der Waals surface area contributed by atoms with Gasteiger partial charge < -0.3 is 19.7 Å². The van der Waals surface area contributed by atoms with E-state index in [9.17, 15) is 14.4 Å². The number of carbonyl (C=O) groups is 3. The molecular formula is C24H26N4O5. The average Bonchev–Trinajstić information content (AvgIpc) is 3.42. The fraction of sp³-hybridized carbons (Fsp3) is 0.417. The van der Waals surface area contributed by atoms with Crippen LogP contribution >= 0.6 is 0 Å². The van der Waals surface area contributed by atoms with Gasteiger partial charge >= 0.3 is 6.03 Å². The summed E-state index contributed by atoms with van der Waals surface area (Å²) in [5.74, 6) is 0.939. The van der Waals surface area contributed by atoms with Crippen molar-refractivity contribution in [2.24, 2.45) is 0 Å². The van der Waals surface area contributed by atoms with Crippen molar-refractivity contribution < 1.29 is 23.9 Å². The number of benzene rings is 1. The molecule has 9 nitrogen and oxygen atoms in total. The number of nitrogens with one attached hydrogen (secondary N) is 1. The van der Waals surface area contributed by atoms with E-state index in [0.717, 1.165) is 30.4 Å². The van der Waals surface area contributed by atoms with Gasteiger partial charge in [-0.1, -0.05) is 12.1 Å². The van der Waals surface area contributed by atoms with E-state index >= 15 is 0 Å². The van der Waals surface area contributed by atoms with Crippen LogP contribution in [0, 0.1) is 0 Å². The number of imide groups is 1. The Hall–Kier alpha value is -3.62. The minimum Gasteiger partial charge on any atom is -0.454 e. The fourth-order valence-electron chi connectivity index (χ4n) is 4.71. The summed E-state index contributed by atoms with van der Waals surface area (Å²) in [5, 5.41) is 2.73. The molecule has 5 rings (SSSR count). The molecule has 0 aliphatic carbocycles. The molecule has 1 aromatic heterocycles. The van der Waals surface area contributed by atoms with Gasteiger partial charge in [-0.2, -0.15) is 0 Å². The first-order valence-corrected chi connectivity index (χ1v) is 11.3. The van der Waals surface area contributed by atoms with Gasteiger partial charge in [0, 0.05) is 25.4 Å². The van der Waals surface area contributed by atoms with Crippen molar-refractivity contribution in [2.45, 2.75) is 50.7 Å². The van der Waals surface area contributed by atoms with Crippen LogP contribution in [-0.4, -0.2) is 52.0 Å². The van der Waals surface area contributed by atoms with Gasteiger partial charge in [-0.15, -0.1) is 0 Å². The zero-order valence-corrected chi connectivity index (χ0v) is 18.2. The van der Waals surface area contributed by atoms with Crippen LogP contribution in [0.2, 0.25) is 0 Å². The Morgan fingerprint density at radius 1 is 1.15 bits per heavy atom. The maximum absolute atomic E-state index is 13.0. The molecule has 2 unspecified atom stereocenters. The maximum atomic E-state index is 13.0. The van der Waals surface area contributed by atoms with Gasteiger partial charge in [0.05, 0.1) is 12.6 Å². The zero-order chi connectivity index (χ0) is 22.8. The number of urea groups is 1. The number of aromatic nitrogens is 1. The molecule has 2 saturated heterocycles. The van der Waals surface area contributed by atoms with Gasteiger partial charge in [-0.05, 0) is 55.0 Å². The van der Waals surface area contributed by atoms with Crippen molar-refractivity contribution in [3.8, 4) is 11.5 Å². The van der Waals surface area contributed by atoms with Crippen LogP contribution in [0.5, 0.6) is 11.5 Å². The van der Waals surface area contributed by atoms with E-state index < -0.39 is 12.1 Å². The number of rotatable bonds is 6. The molecule has 4 amide bonds. The summed E-state index contributed by atoms with van der Waals surface area (Å²) in [6, 6.07) is 8.10. The Balaban J connectivity index is 1.20. The third kappa shape index (κ3) is 4.35. The molecule has 9 heteroatoms. The van der Waals surface area contributed by atoms with E-state index in [0.29, 0.717) is 18.0 Å². The van der Waals surface area contributed by atoms with Crippen LogP contribution in [0.25, 0.3) is 0 Å². The summed E-state index contributed by atoms with van der Waals surface area (Å²) in [5.41, 5.74) is 1.80. The lowest BCUT2D eigenvalue weighted by Crippen LogP contribution is -2.39. The maximum Gasteiger partial charge on any atom is 0.325 e. The topological polar surface area (TPSA) is 101 Å². The van der Waals surface area contributed by atoms with Gasteiger partial charge in [-0.25, -0.2) is 4.79 Å². The second-order valence-corrected chi connectivity index (χ2v) is 8.54. The van der Waals surface area contributed by atoms with Crippen molar-refractivity contribution in [2.75, 3.05) is 13.3 Å².